The summed E-state index contributed by atoms with van der Waals surface area (Å²) in [5.41, 5.74) is 0.307. The zero-order valence-electron chi connectivity index (χ0n) is 13.1. The van der Waals surface area contributed by atoms with Crippen molar-refractivity contribution in [1.29, 1.82) is 0 Å². The normalized spacial score (nSPS) is 14.2. The first kappa shape index (κ1) is 15.9. The van der Waals surface area contributed by atoms with E-state index in [1.165, 1.54) is 0 Å². The Labute approximate surface area is 129 Å². The molecule has 0 spiro atoms. The second-order valence-electron chi connectivity index (χ2n) is 6.13. The van der Waals surface area contributed by atoms with Crippen LogP contribution in [0.2, 0.25) is 0 Å². The van der Waals surface area contributed by atoms with E-state index in [0.29, 0.717) is 17.2 Å². The molecule has 0 aromatic heterocycles. The van der Waals surface area contributed by atoms with Gasteiger partial charge in [-0.2, -0.15) is 0 Å². The van der Waals surface area contributed by atoms with Gasteiger partial charge in [-0.25, -0.2) is 4.79 Å². The lowest BCUT2D eigenvalue weighted by Crippen LogP contribution is -2.51. The number of fused-ring (bicyclic) bond motifs is 1. The number of anilines is 1. The maximum absolute atomic E-state index is 12.0. The Bertz CT molecular complexity index is 581. The summed E-state index contributed by atoms with van der Waals surface area (Å²) in [4.78, 5) is 23.7. The van der Waals surface area contributed by atoms with Crippen LogP contribution in [0.5, 0.6) is 11.5 Å². The van der Waals surface area contributed by atoms with Crippen molar-refractivity contribution >= 4 is 17.6 Å². The highest BCUT2D eigenvalue weighted by Gasteiger charge is 2.20. The second-order valence-corrected chi connectivity index (χ2v) is 6.13. The van der Waals surface area contributed by atoms with Gasteiger partial charge in [0.05, 0.1) is 0 Å². The van der Waals surface area contributed by atoms with E-state index in [0.717, 1.165) is 0 Å². The molecule has 0 bridgehead atoms. The van der Waals surface area contributed by atoms with Crippen molar-refractivity contribution in [3.05, 3.63) is 18.2 Å². The number of carbonyl (C=O) groups excluding carboxylic acids is 2. The third-order valence-corrected chi connectivity index (χ3v) is 2.87. The van der Waals surface area contributed by atoms with E-state index in [1.807, 2.05) is 20.8 Å². The van der Waals surface area contributed by atoms with E-state index < -0.39 is 23.5 Å². The summed E-state index contributed by atoms with van der Waals surface area (Å²) < 4.78 is 10.5. The minimum atomic E-state index is -0.578. The van der Waals surface area contributed by atoms with E-state index in [9.17, 15) is 9.59 Å². The van der Waals surface area contributed by atoms with Crippen LogP contribution in [0, 0.1) is 0 Å². The molecule has 0 saturated heterocycles. The summed E-state index contributed by atoms with van der Waals surface area (Å²) in [5, 5.41) is 7.98. The zero-order valence-corrected chi connectivity index (χ0v) is 13.1. The Morgan fingerprint density at radius 3 is 2.55 bits per heavy atom. The van der Waals surface area contributed by atoms with Crippen molar-refractivity contribution in [3.63, 3.8) is 0 Å². The number of amides is 3. The number of ether oxygens (including phenoxy) is 2. The van der Waals surface area contributed by atoms with Gasteiger partial charge in [0.1, 0.15) is 6.04 Å². The lowest BCUT2D eigenvalue weighted by molar-refractivity contribution is -0.120. The predicted molar refractivity (Wildman–Crippen MR) is 82.1 cm³/mol. The van der Waals surface area contributed by atoms with Gasteiger partial charge in [-0.3, -0.25) is 10.1 Å². The third kappa shape index (κ3) is 4.28. The van der Waals surface area contributed by atoms with Crippen LogP contribution in [0.15, 0.2) is 18.2 Å². The molecule has 1 aromatic rings. The number of nitrogens with one attached hydrogen (secondary N) is 3. The fraction of sp³-hybridized carbons (Fsp3) is 0.467. The molecule has 22 heavy (non-hydrogen) atoms. The van der Waals surface area contributed by atoms with Gasteiger partial charge in [-0.15, -0.1) is 0 Å². The molecule has 0 unspecified atom stereocenters. The average Bonchev–Trinajstić information content (AvgIpc) is 2.83. The van der Waals surface area contributed by atoms with Gasteiger partial charge in [-0.05, 0) is 39.8 Å². The highest BCUT2D eigenvalue weighted by molar-refractivity contribution is 5.98. The van der Waals surface area contributed by atoms with Crippen LogP contribution in [-0.4, -0.2) is 30.3 Å². The van der Waals surface area contributed by atoms with Crippen molar-refractivity contribution in [2.24, 2.45) is 0 Å². The summed E-state index contributed by atoms with van der Waals surface area (Å²) in [7, 11) is 0. The molecule has 1 aliphatic rings. The standard InChI is InChI=1S/C15H21N3O4/c1-9(13(19)17-14(20)18-15(2,3)4)16-10-5-6-11-12(7-10)22-8-21-11/h5-7,9,16H,8H2,1-4H3,(H2,17,18,19,20)/t9-/m1/s1. The molecule has 120 valence electrons. The summed E-state index contributed by atoms with van der Waals surface area (Å²) in [6.07, 6.45) is 0. The van der Waals surface area contributed by atoms with Crippen LogP contribution in [0.25, 0.3) is 0 Å². The lowest BCUT2D eigenvalue weighted by atomic mass is 10.1. The Morgan fingerprint density at radius 2 is 1.86 bits per heavy atom. The predicted octanol–water partition coefficient (Wildman–Crippen LogP) is 1.84. The molecule has 1 heterocycles. The highest BCUT2D eigenvalue weighted by Crippen LogP contribution is 2.34. The molecule has 7 heteroatoms. The quantitative estimate of drug-likeness (QED) is 0.793. The average molecular weight is 307 g/mol. The number of hydrogen-bond donors (Lipinski definition) is 3. The minimum absolute atomic E-state index is 0.196. The Morgan fingerprint density at radius 1 is 1.18 bits per heavy atom. The van der Waals surface area contributed by atoms with Crippen LogP contribution in [0.3, 0.4) is 0 Å². The smallest absolute Gasteiger partial charge is 0.321 e. The van der Waals surface area contributed by atoms with Crippen molar-refractivity contribution in [2.75, 3.05) is 12.1 Å². The first-order chi connectivity index (χ1) is 10.2. The lowest BCUT2D eigenvalue weighted by Gasteiger charge is -2.21. The number of carbonyl (C=O) groups is 2. The monoisotopic (exact) mass is 307 g/mol. The molecule has 0 aliphatic carbocycles. The Kier molecular flexibility index (Phi) is 4.44. The largest absolute Gasteiger partial charge is 0.454 e. The van der Waals surface area contributed by atoms with Gasteiger partial charge in [0.25, 0.3) is 0 Å². The molecule has 3 N–H and O–H groups in total. The molecule has 1 aliphatic heterocycles. The summed E-state index contributed by atoms with van der Waals surface area (Å²) in [6.45, 7) is 7.38. The maximum atomic E-state index is 12.0. The van der Waals surface area contributed by atoms with Gasteiger partial charge in [0.2, 0.25) is 12.7 Å². The van der Waals surface area contributed by atoms with Crippen LogP contribution < -0.4 is 25.4 Å². The highest BCUT2D eigenvalue weighted by atomic mass is 16.7. The first-order valence-corrected chi connectivity index (χ1v) is 7.04. The second kappa shape index (κ2) is 6.13. The number of urea groups is 1. The van der Waals surface area contributed by atoms with Gasteiger partial charge < -0.3 is 20.1 Å². The van der Waals surface area contributed by atoms with Crippen molar-refractivity contribution < 1.29 is 19.1 Å². The van der Waals surface area contributed by atoms with Crippen LogP contribution in [-0.2, 0) is 4.79 Å². The number of imide groups is 1. The molecule has 0 fully saturated rings. The Balaban J connectivity index is 1.90. The topological polar surface area (TPSA) is 88.7 Å². The van der Waals surface area contributed by atoms with E-state index >= 15 is 0 Å². The van der Waals surface area contributed by atoms with Gasteiger partial charge in [-0.1, -0.05) is 0 Å². The number of rotatable bonds is 3. The SMILES string of the molecule is C[C@@H](Nc1ccc2c(c1)OCO2)C(=O)NC(=O)NC(C)(C)C. The fourth-order valence-corrected chi connectivity index (χ4v) is 1.89. The molecular formula is C15H21N3O4. The molecular weight excluding hydrogens is 286 g/mol. The molecule has 1 atom stereocenters. The minimum Gasteiger partial charge on any atom is -0.454 e. The van der Waals surface area contributed by atoms with E-state index in [4.69, 9.17) is 9.47 Å². The van der Waals surface area contributed by atoms with Crippen LogP contribution in [0.4, 0.5) is 10.5 Å². The van der Waals surface area contributed by atoms with E-state index in [1.54, 1.807) is 25.1 Å². The molecule has 0 saturated carbocycles. The molecule has 3 amide bonds. The van der Waals surface area contributed by atoms with Gasteiger partial charge in [0, 0.05) is 17.3 Å². The van der Waals surface area contributed by atoms with Crippen LogP contribution >= 0.6 is 0 Å². The fourth-order valence-electron chi connectivity index (χ4n) is 1.89. The van der Waals surface area contributed by atoms with Crippen molar-refractivity contribution in [1.82, 2.24) is 10.6 Å². The number of hydrogen-bond acceptors (Lipinski definition) is 5. The summed E-state index contributed by atoms with van der Waals surface area (Å²) >= 11 is 0. The van der Waals surface area contributed by atoms with Gasteiger partial charge >= 0.3 is 6.03 Å². The number of benzene rings is 1. The maximum Gasteiger partial charge on any atom is 0.321 e. The van der Waals surface area contributed by atoms with E-state index in [2.05, 4.69) is 16.0 Å². The summed E-state index contributed by atoms with van der Waals surface area (Å²) in [6, 6.07) is 4.21. The van der Waals surface area contributed by atoms with Crippen molar-refractivity contribution in [3.8, 4) is 11.5 Å². The molecule has 7 nitrogen and oxygen atoms in total. The van der Waals surface area contributed by atoms with Crippen LogP contribution in [0.1, 0.15) is 27.7 Å². The zero-order chi connectivity index (χ0) is 16.3. The molecule has 2 rings (SSSR count). The van der Waals surface area contributed by atoms with E-state index in [-0.39, 0.29) is 6.79 Å². The van der Waals surface area contributed by atoms with Crippen molar-refractivity contribution in [2.45, 2.75) is 39.3 Å². The Hall–Kier alpha value is -2.44. The van der Waals surface area contributed by atoms with Gasteiger partial charge in [0.15, 0.2) is 11.5 Å². The summed E-state index contributed by atoms with van der Waals surface area (Å²) in [5.74, 6) is 0.884. The third-order valence-electron chi connectivity index (χ3n) is 2.87. The molecule has 0 radical (unpaired) electrons. The molecule has 1 aromatic carbocycles. The first-order valence-electron chi connectivity index (χ1n) is 7.04.